The molecule has 21 heavy (non-hydrogen) atoms. The summed E-state index contributed by atoms with van der Waals surface area (Å²) in [5, 5.41) is 26.9. The maximum absolute atomic E-state index is 11.6. The fourth-order valence-corrected chi connectivity index (χ4v) is 2.03. The van der Waals surface area contributed by atoms with Crippen molar-refractivity contribution in [1.29, 1.82) is 0 Å². The summed E-state index contributed by atoms with van der Waals surface area (Å²) in [4.78, 5) is 34.6. The van der Waals surface area contributed by atoms with Crippen LogP contribution in [0.5, 0.6) is 0 Å². The Balaban J connectivity index is 2.65. The number of carboxylic acid groups (broad SMARTS) is 2. The van der Waals surface area contributed by atoms with E-state index in [2.05, 4.69) is 0 Å². The number of aliphatic hydroxyl groups is 1. The molecule has 0 aliphatic carbocycles. The second kappa shape index (κ2) is 7.79. The number of aliphatic hydroxyl groups excluding tert-OH is 1. The van der Waals surface area contributed by atoms with E-state index in [0.717, 1.165) is 0 Å². The van der Waals surface area contributed by atoms with Gasteiger partial charge in [0.15, 0.2) is 12.2 Å². The maximum atomic E-state index is 11.6. The molecule has 1 heterocycles. The number of ether oxygens (including phenoxy) is 2. The van der Waals surface area contributed by atoms with Crippen molar-refractivity contribution in [2.75, 3.05) is 19.7 Å². The van der Waals surface area contributed by atoms with Crippen LogP contribution in [-0.2, 0) is 19.1 Å². The van der Waals surface area contributed by atoms with E-state index in [1.165, 1.54) is 4.90 Å². The van der Waals surface area contributed by atoms with Gasteiger partial charge in [0.2, 0.25) is 0 Å². The molecule has 1 aliphatic rings. The van der Waals surface area contributed by atoms with Crippen LogP contribution >= 0.6 is 0 Å². The molecule has 120 valence electrons. The van der Waals surface area contributed by atoms with Crippen molar-refractivity contribution in [3.8, 4) is 0 Å². The molecule has 3 atom stereocenters. The van der Waals surface area contributed by atoms with Crippen molar-refractivity contribution in [3.63, 3.8) is 0 Å². The Labute approximate surface area is 121 Å². The number of amides is 1. The molecule has 0 aromatic carbocycles. The van der Waals surface area contributed by atoms with Crippen molar-refractivity contribution >= 4 is 18.0 Å². The van der Waals surface area contributed by atoms with Crippen LogP contribution in [-0.4, -0.2) is 76.3 Å². The molecular weight excluding hydrogens is 286 g/mol. The third kappa shape index (κ3) is 4.87. The minimum atomic E-state index is -2.17. The Kier molecular flexibility index (Phi) is 6.38. The van der Waals surface area contributed by atoms with Gasteiger partial charge in [0.05, 0.1) is 19.3 Å². The molecule has 1 rings (SSSR count). The molecule has 0 aromatic rings. The minimum Gasteiger partial charge on any atom is -0.479 e. The number of carbonyl (C=O) groups is 3. The van der Waals surface area contributed by atoms with Gasteiger partial charge in [-0.15, -0.1) is 0 Å². The molecule has 0 radical (unpaired) electrons. The van der Waals surface area contributed by atoms with Gasteiger partial charge in [-0.3, -0.25) is 0 Å². The van der Waals surface area contributed by atoms with Gasteiger partial charge in [0.25, 0.3) is 0 Å². The first kappa shape index (κ1) is 17.2. The first-order valence-electron chi connectivity index (χ1n) is 6.57. The fourth-order valence-electron chi connectivity index (χ4n) is 2.03. The third-order valence-electron chi connectivity index (χ3n) is 3.03. The van der Waals surface area contributed by atoms with Crippen LogP contribution in [0.2, 0.25) is 0 Å². The lowest BCUT2D eigenvalue weighted by atomic mass is 10.1. The zero-order chi connectivity index (χ0) is 16.0. The summed E-state index contributed by atoms with van der Waals surface area (Å²) in [5.41, 5.74) is 0. The summed E-state index contributed by atoms with van der Waals surface area (Å²) in [7, 11) is 0. The Morgan fingerprint density at radius 2 is 1.95 bits per heavy atom. The number of piperidine rings is 1. The van der Waals surface area contributed by atoms with Crippen molar-refractivity contribution in [2.24, 2.45) is 0 Å². The molecule has 1 fully saturated rings. The summed E-state index contributed by atoms with van der Waals surface area (Å²) in [5.74, 6) is -3.25. The summed E-state index contributed by atoms with van der Waals surface area (Å²) in [6.07, 6.45) is -4.21. The lowest BCUT2D eigenvalue weighted by molar-refractivity contribution is -0.178. The number of carbonyl (C=O) groups excluding carboxylic acids is 1. The number of rotatable bonds is 6. The average molecular weight is 305 g/mol. The summed E-state index contributed by atoms with van der Waals surface area (Å²) in [6.45, 7) is 2.43. The van der Waals surface area contributed by atoms with E-state index in [1.807, 2.05) is 0 Å². The number of hydrogen-bond donors (Lipinski definition) is 3. The van der Waals surface area contributed by atoms with E-state index in [9.17, 15) is 19.5 Å². The van der Waals surface area contributed by atoms with Crippen LogP contribution in [0, 0.1) is 0 Å². The number of hydrogen-bond acceptors (Lipinski definition) is 6. The topological polar surface area (TPSA) is 134 Å². The van der Waals surface area contributed by atoms with Crippen molar-refractivity contribution in [2.45, 2.75) is 38.1 Å². The smallest absolute Gasteiger partial charge is 0.409 e. The molecule has 9 heteroatoms. The highest BCUT2D eigenvalue weighted by Gasteiger charge is 2.37. The number of likely N-dealkylation sites (tertiary alicyclic amines) is 1. The van der Waals surface area contributed by atoms with Crippen LogP contribution in [0.1, 0.15) is 19.8 Å². The first-order chi connectivity index (χ1) is 9.86. The van der Waals surface area contributed by atoms with Crippen molar-refractivity contribution < 1.29 is 39.2 Å². The molecular formula is C12H19NO8. The first-order valence-corrected chi connectivity index (χ1v) is 6.57. The second-order valence-electron chi connectivity index (χ2n) is 4.59. The molecule has 1 unspecified atom stereocenters. The van der Waals surface area contributed by atoms with Gasteiger partial charge in [-0.2, -0.15) is 0 Å². The molecule has 0 aromatic heterocycles. The normalized spacial score (nSPS) is 21.4. The highest BCUT2D eigenvalue weighted by Crippen LogP contribution is 2.17. The van der Waals surface area contributed by atoms with E-state index < -0.39 is 36.3 Å². The quantitative estimate of drug-likeness (QED) is 0.599. The number of aliphatic carboxylic acids is 2. The Bertz CT molecular complexity index is 399. The zero-order valence-corrected chi connectivity index (χ0v) is 11.6. The Morgan fingerprint density at radius 3 is 2.48 bits per heavy atom. The van der Waals surface area contributed by atoms with Gasteiger partial charge in [0.1, 0.15) is 0 Å². The Hall–Kier alpha value is -1.87. The lowest BCUT2D eigenvalue weighted by Gasteiger charge is -2.33. The molecule has 3 N–H and O–H groups in total. The van der Waals surface area contributed by atoms with Gasteiger partial charge in [-0.05, 0) is 19.8 Å². The zero-order valence-electron chi connectivity index (χ0n) is 11.6. The summed E-state index contributed by atoms with van der Waals surface area (Å²) >= 11 is 0. The van der Waals surface area contributed by atoms with E-state index in [1.54, 1.807) is 6.92 Å². The van der Waals surface area contributed by atoms with E-state index in [4.69, 9.17) is 19.7 Å². The van der Waals surface area contributed by atoms with Crippen LogP contribution in [0.25, 0.3) is 0 Å². The predicted octanol–water partition coefficient (Wildman–Crippen LogP) is -0.477. The van der Waals surface area contributed by atoms with Crippen LogP contribution in [0.4, 0.5) is 4.79 Å². The molecule has 1 saturated heterocycles. The maximum Gasteiger partial charge on any atom is 0.409 e. The number of carboxylic acids is 2. The lowest BCUT2D eigenvalue weighted by Crippen LogP contribution is -2.49. The van der Waals surface area contributed by atoms with Gasteiger partial charge in [-0.25, -0.2) is 14.4 Å². The van der Waals surface area contributed by atoms with Crippen molar-refractivity contribution in [1.82, 2.24) is 4.90 Å². The third-order valence-corrected chi connectivity index (χ3v) is 3.03. The standard InChI is InChI=1S/C12H19NO8/c1-2-20-12(19)13-5-3-4-7(6-13)21-9(11(17)18)8(14)10(15)16/h7-9,14H,2-6H2,1H3,(H,15,16)(H,17,18)/t7?,8-,9-/m1/s1. The fraction of sp³-hybridized carbons (Fsp3) is 0.750. The number of nitrogens with zero attached hydrogens (tertiary/aromatic N) is 1. The molecule has 0 spiro atoms. The SMILES string of the molecule is CCOC(=O)N1CCCC(O[C@@H](C(=O)O)[C@@H](O)C(=O)O)C1. The highest BCUT2D eigenvalue weighted by atomic mass is 16.6. The average Bonchev–Trinajstić information content (AvgIpc) is 2.44. The van der Waals surface area contributed by atoms with E-state index in [-0.39, 0.29) is 13.2 Å². The highest BCUT2D eigenvalue weighted by molar-refractivity contribution is 5.83. The van der Waals surface area contributed by atoms with E-state index in [0.29, 0.717) is 19.4 Å². The van der Waals surface area contributed by atoms with Gasteiger partial charge < -0.3 is 29.7 Å². The molecule has 0 bridgehead atoms. The summed E-state index contributed by atoms with van der Waals surface area (Å²) < 4.78 is 9.99. The second-order valence-corrected chi connectivity index (χ2v) is 4.59. The van der Waals surface area contributed by atoms with Crippen LogP contribution in [0.15, 0.2) is 0 Å². The van der Waals surface area contributed by atoms with Crippen LogP contribution < -0.4 is 0 Å². The van der Waals surface area contributed by atoms with Crippen LogP contribution in [0.3, 0.4) is 0 Å². The van der Waals surface area contributed by atoms with Crippen molar-refractivity contribution in [3.05, 3.63) is 0 Å². The molecule has 9 nitrogen and oxygen atoms in total. The monoisotopic (exact) mass is 305 g/mol. The minimum absolute atomic E-state index is 0.0922. The van der Waals surface area contributed by atoms with Gasteiger partial charge in [-0.1, -0.05) is 0 Å². The predicted molar refractivity (Wildman–Crippen MR) is 67.8 cm³/mol. The molecule has 1 amide bonds. The molecule has 1 aliphatic heterocycles. The Morgan fingerprint density at radius 1 is 1.29 bits per heavy atom. The summed E-state index contributed by atoms with van der Waals surface area (Å²) in [6, 6.07) is 0. The largest absolute Gasteiger partial charge is 0.479 e. The van der Waals surface area contributed by atoms with Gasteiger partial charge in [0, 0.05) is 6.54 Å². The molecule has 0 saturated carbocycles. The van der Waals surface area contributed by atoms with E-state index >= 15 is 0 Å². The van der Waals surface area contributed by atoms with Gasteiger partial charge >= 0.3 is 18.0 Å².